The zero-order valence-corrected chi connectivity index (χ0v) is 11.2. The first-order chi connectivity index (χ1) is 9.66. The Morgan fingerprint density at radius 2 is 2.05 bits per heavy atom. The predicted octanol–water partition coefficient (Wildman–Crippen LogP) is 0.504. The molecule has 0 spiro atoms. The second-order valence-electron chi connectivity index (χ2n) is 5.12. The summed E-state index contributed by atoms with van der Waals surface area (Å²) in [4.78, 5) is 16.1. The van der Waals surface area contributed by atoms with Gasteiger partial charge in [-0.2, -0.15) is 0 Å². The standard InChI is InChI=1S/C14H18FN3O2/c15-10-1-2-12-11(9-10)13(16)14(19)18(12)4-3-17-5-7-20-8-6-17/h1-2,9,13H,3-8,16H2. The molecule has 0 saturated carbocycles. The Kier molecular flexibility index (Phi) is 3.69. The first-order valence-electron chi connectivity index (χ1n) is 6.83. The lowest BCUT2D eigenvalue weighted by Crippen LogP contribution is -2.43. The van der Waals surface area contributed by atoms with Gasteiger partial charge < -0.3 is 15.4 Å². The zero-order chi connectivity index (χ0) is 14.1. The number of ether oxygens (including phenoxy) is 1. The highest BCUT2D eigenvalue weighted by Crippen LogP contribution is 2.34. The minimum absolute atomic E-state index is 0.154. The lowest BCUT2D eigenvalue weighted by molar-refractivity contribution is -0.119. The lowest BCUT2D eigenvalue weighted by atomic mass is 10.1. The van der Waals surface area contributed by atoms with E-state index in [0.717, 1.165) is 38.5 Å². The number of hydrogen-bond acceptors (Lipinski definition) is 4. The Balaban J connectivity index is 1.72. The van der Waals surface area contributed by atoms with Crippen molar-refractivity contribution in [2.45, 2.75) is 6.04 Å². The molecule has 1 aromatic carbocycles. The van der Waals surface area contributed by atoms with Gasteiger partial charge in [0.25, 0.3) is 0 Å². The van der Waals surface area contributed by atoms with Crippen molar-refractivity contribution in [3.63, 3.8) is 0 Å². The molecule has 1 amide bonds. The molecule has 1 atom stereocenters. The molecule has 108 valence electrons. The van der Waals surface area contributed by atoms with E-state index in [2.05, 4.69) is 4.90 Å². The van der Waals surface area contributed by atoms with Gasteiger partial charge in [0.1, 0.15) is 11.9 Å². The van der Waals surface area contributed by atoms with Gasteiger partial charge in [-0.05, 0) is 18.2 Å². The molecule has 3 rings (SSSR count). The molecule has 1 unspecified atom stereocenters. The fourth-order valence-corrected chi connectivity index (χ4v) is 2.74. The number of rotatable bonds is 3. The van der Waals surface area contributed by atoms with E-state index in [1.54, 1.807) is 11.0 Å². The SMILES string of the molecule is NC1C(=O)N(CCN2CCOCC2)c2ccc(F)cc21. The van der Waals surface area contributed by atoms with Gasteiger partial charge in [0, 0.05) is 37.4 Å². The van der Waals surface area contributed by atoms with Crippen molar-refractivity contribution in [3.05, 3.63) is 29.6 Å². The molecule has 1 fully saturated rings. The summed E-state index contributed by atoms with van der Waals surface area (Å²) in [6.07, 6.45) is 0. The van der Waals surface area contributed by atoms with Gasteiger partial charge in [-0.3, -0.25) is 9.69 Å². The van der Waals surface area contributed by atoms with E-state index >= 15 is 0 Å². The highest BCUT2D eigenvalue weighted by atomic mass is 19.1. The molecule has 0 bridgehead atoms. The fourth-order valence-electron chi connectivity index (χ4n) is 2.74. The maximum absolute atomic E-state index is 13.3. The molecule has 0 aromatic heterocycles. The van der Waals surface area contributed by atoms with Crippen LogP contribution in [-0.2, 0) is 9.53 Å². The molecule has 0 radical (unpaired) electrons. The van der Waals surface area contributed by atoms with Crippen molar-refractivity contribution in [2.75, 3.05) is 44.3 Å². The van der Waals surface area contributed by atoms with E-state index in [9.17, 15) is 9.18 Å². The molecule has 20 heavy (non-hydrogen) atoms. The summed E-state index contributed by atoms with van der Waals surface area (Å²) >= 11 is 0. The molecule has 6 heteroatoms. The van der Waals surface area contributed by atoms with Crippen molar-refractivity contribution in [3.8, 4) is 0 Å². The van der Waals surface area contributed by atoms with Crippen LogP contribution in [0.15, 0.2) is 18.2 Å². The number of benzene rings is 1. The van der Waals surface area contributed by atoms with Crippen LogP contribution in [0.2, 0.25) is 0 Å². The molecule has 1 saturated heterocycles. The Morgan fingerprint density at radius 1 is 1.30 bits per heavy atom. The van der Waals surface area contributed by atoms with Gasteiger partial charge >= 0.3 is 0 Å². The molecule has 5 nitrogen and oxygen atoms in total. The number of amides is 1. The normalized spacial score (nSPS) is 23.2. The first-order valence-corrected chi connectivity index (χ1v) is 6.83. The van der Waals surface area contributed by atoms with E-state index in [0.29, 0.717) is 12.1 Å². The van der Waals surface area contributed by atoms with Crippen LogP contribution in [0.1, 0.15) is 11.6 Å². The van der Waals surface area contributed by atoms with Crippen LogP contribution >= 0.6 is 0 Å². The topological polar surface area (TPSA) is 58.8 Å². The number of halogens is 1. The molecule has 2 N–H and O–H groups in total. The predicted molar refractivity (Wildman–Crippen MR) is 72.9 cm³/mol. The summed E-state index contributed by atoms with van der Waals surface area (Å²) in [5.74, 6) is -0.513. The second-order valence-corrected chi connectivity index (χ2v) is 5.12. The van der Waals surface area contributed by atoms with Gasteiger partial charge in [-0.25, -0.2) is 4.39 Å². The summed E-state index contributed by atoms with van der Waals surface area (Å²) in [5.41, 5.74) is 7.18. The first kappa shape index (κ1) is 13.5. The molecule has 2 heterocycles. The van der Waals surface area contributed by atoms with Crippen LogP contribution in [0, 0.1) is 5.82 Å². The number of morpholine rings is 1. The third kappa shape index (κ3) is 2.42. The third-order valence-corrected chi connectivity index (χ3v) is 3.89. The Hall–Kier alpha value is -1.50. The summed E-state index contributed by atoms with van der Waals surface area (Å²) in [5, 5.41) is 0. The van der Waals surface area contributed by atoms with E-state index in [1.165, 1.54) is 12.1 Å². The van der Waals surface area contributed by atoms with Crippen molar-refractivity contribution in [1.82, 2.24) is 4.90 Å². The van der Waals surface area contributed by atoms with Crippen molar-refractivity contribution in [2.24, 2.45) is 5.73 Å². The number of hydrogen-bond donors (Lipinski definition) is 1. The van der Waals surface area contributed by atoms with Crippen LogP contribution in [0.4, 0.5) is 10.1 Å². The zero-order valence-electron chi connectivity index (χ0n) is 11.2. The van der Waals surface area contributed by atoms with Crippen molar-refractivity contribution < 1.29 is 13.9 Å². The van der Waals surface area contributed by atoms with Crippen LogP contribution in [0.25, 0.3) is 0 Å². The number of nitrogens with two attached hydrogens (primary N) is 1. The van der Waals surface area contributed by atoms with Gasteiger partial charge in [0.15, 0.2) is 0 Å². The molecule has 1 aromatic rings. The van der Waals surface area contributed by atoms with Crippen LogP contribution in [0.3, 0.4) is 0 Å². The fraction of sp³-hybridized carbons (Fsp3) is 0.500. The second kappa shape index (κ2) is 5.47. The van der Waals surface area contributed by atoms with Gasteiger partial charge in [-0.15, -0.1) is 0 Å². The van der Waals surface area contributed by atoms with E-state index < -0.39 is 6.04 Å². The lowest BCUT2D eigenvalue weighted by Gasteiger charge is -2.28. The summed E-state index contributed by atoms with van der Waals surface area (Å²) in [6, 6.07) is 3.61. The number of carbonyl (C=O) groups excluding carboxylic acids is 1. The van der Waals surface area contributed by atoms with E-state index in [1.807, 2.05) is 0 Å². The Labute approximate surface area is 117 Å². The minimum atomic E-state index is -0.745. The average molecular weight is 279 g/mol. The average Bonchev–Trinajstić information content (AvgIpc) is 2.70. The van der Waals surface area contributed by atoms with Gasteiger partial charge in [0.2, 0.25) is 5.91 Å². The quantitative estimate of drug-likeness (QED) is 0.875. The number of nitrogens with zero attached hydrogens (tertiary/aromatic N) is 2. The summed E-state index contributed by atoms with van der Waals surface area (Å²) in [7, 11) is 0. The monoisotopic (exact) mass is 279 g/mol. The molecule has 2 aliphatic rings. The highest BCUT2D eigenvalue weighted by molar-refractivity contribution is 6.04. The van der Waals surface area contributed by atoms with Crippen LogP contribution in [-0.4, -0.2) is 50.2 Å². The highest BCUT2D eigenvalue weighted by Gasteiger charge is 2.35. The van der Waals surface area contributed by atoms with E-state index in [4.69, 9.17) is 10.5 Å². The maximum Gasteiger partial charge on any atom is 0.248 e. The largest absolute Gasteiger partial charge is 0.379 e. The smallest absolute Gasteiger partial charge is 0.248 e. The maximum atomic E-state index is 13.3. The molecular weight excluding hydrogens is 261 g/mol. The van der Waals surface area contributed by atoms with Gasteiger partial charge in [0.05, 0.1) is 13.2 Å². The Bertz CT molecular complexity index is 517. The molecule has 2 aliphatic heterocycles. The number of carbonyl (C=O) groups is 1. The number of fused-ring (bicyclic) bond motifs is 1. The van der Waals surface area contributed by atoms with E-state index in [-0.39, 0.29) is 11.7 Å². The van der Waals surface area contributed by atoms with Crippen LogP contribution in [0.5, 0.6) is 0 Å². The Morgan fingerprint density at radius 3 is 2.80 bits per heavy atom. The van der Waals surface area contributed by atoms with Crippen molar-refractivity contribution >= 4 is 11.6 Å². The third-order valence-electron chi connectivity index (χ3n) is 3.89. The van der Waals surface area contributed by atoms with Gasteiger partial charge in [-0.1, -0.05) is 0 Å². The molecular formula is C14H18FN3O2. The minimum Gasteiger partial charge on any atom is -0.379 e. The van der Waals surface area contributed by atoms with Crippen LogP contribution < -0.4 is 10.6 Å². The summed E-state index contributed by atoms with van der Waals surface area (Å²) in [6.45, 7) is 4.57. The van der Waals surface area contributed by atoms with Crippen molar-refractivity contribution in [1.29, 1.82) is 0 Å². The molecule has 0 aliphatic carbocycles. The number of anilines is 1. The summed E-state index contributed by atoms with van der Waals surface area (Å²) < 4.78 is 18.6.